The second kappa shape index (κ2) is 6.47. The molecule has 7 heteroatoms. The lowest BCUT2D eigenvalue weighted by Crippen LogP contribution is -2.54. The molecule has 0 radical (unpaired) electrons. The average molecular weight is 377 g/mol. The Labute approximate surface area is 153 Å². The van der Waals surface area contributed by atoms with E-state index in [1.165, 1.54) is 16.2 Å². The molecule has 1 aromatic heterocycles. The third kappa shape index (κ3) is 2.88. The highest BCUT2D eigenvalue weighted by Crippen LogP contribution is 2.30. The number of hydrogen-bond donors (Lipinski definition) is 1. The summed E-state index contributed by atoms with van der Waals surface area (Å²) in [5, 5.41) is 5.07. The summed E-state index contributed by atoms with van der Waals surface area (Å²) in [5.74, 6) is -0.948. The molecule has 0 atom stereocenters. The highest BCUT2D eigenvalue weighted by Gasteiger charge is 2.35. The van der Waals surface area contributed by atoms with Gasteiger partial charge in [-0.05, 0) is 66.8 Å². The summed E-state index contributed by atoms with van der Waals surface area (Å²) in [5.41, 5.74) is 2.34. The number of nitrogens with zero attached hydrogens (tertiary/aromatic N) is 1. The summed E-state index contributed by atoms with van der Waals surface area (Å²) in [6.45, 7) is 3.73. The van der Waals surface area contributed by atoms with Gasteiger partial charge in [0.05, 0.1) is 5.69 Å². The molecule has 0 saturated carbocycles. The number of thiocarbonyl (C=S) groups is 1. The van der Waals surface area contributed by atoms with Gasteiger partial charge in [0.25, 0.3) is 11.8 Å². The summed E-state index contributed by atoms with van der Waals surface area (Å²) < 4.78 is 0. The van der Waals surface area contributed by atoms with Crippen molar-refractivity contribution < 1.29 is 9.59 Å². The van der Waals surface area contributed by atoms with E-state index in [1.54, 1.807) is 31.2 Å². The Morgan fingerprint density at radius 1 is 1.25 bits per heavy atom. The Morgan fingerprint density at radius 3 is 2.67 bits per heavy atom. The van der Waals surface area contributed by atoms with Crippen LogP contribution in [0.2, 0.25) is 5.02 Å². The van der Waals surface area contributed by atoms with E-state index in [0.717, 1.165) is 16.0 Å². The van der Waals surface area contributed by atoms with Gasteiger partial charge in [-0.25, -0.2) is 0 Å². The summed E-state index contributed by atoms with van der Waals surface area (Å²) >= 11 is 12.8. The van der Waals surface area contributed by atoms with Crippen molar-refractivity contribution in [1.29, 1.82) is 0 Å². The van der Waals surface area contributed by atoms with Gasteiger partial charge in [0.15, 0.2) is 5.11 Å². The van der Waals surface area contributed by atoms with Crippen molar-refractivity contribution in [3.63, 3.8) is 0 Å². The second-order valence-electron chi connectivity index (χ2n) is 5.31. The molecular weight excluding hydrogens is 364 g/mol. The number of hydrogen-bond acceptors (Lipinski definition) is 4. The Balaban J connectivity index is 2.09. The summed E-state index contributed by atoms with van der Waals surface area (Å²) in [7, 11) is 0. The highest BCUT2D eigenvalue weighted by atomic mass is 35.5. The summed E-state index contributed by atoms with van der Waals surface area (Å²) in [4.78, 5) is 27.3. The van der Waals surface area contributed by atoms with Crippen LogP contribution in [0.5, 0.6) is 0 Å². The molecule has 0 unspecified atom stereocenters. The first kappa shape index (κ1) is 16.8. The van der Waals surface area contributed by atoms with E-state index in [-0.39, 0.29) is 10.7 Å². The molecule has 1 saturated heterocycles. The van der Waals surface area contributed by atoms with E-state index in [9.17, 15) is 9.59 Å². The number of anilines is 1. The number of rotatable bonds is 2. The van der Waals surface area contributed by atoms with Crippen LogP contribution in [0.1, 0.15) is 16.0 Å². The molecule has 1 aliphatic rings. The van der Waals surface area contributed by atoms with E-state index in [2.05, 4.69) is 5.32 Å². The van der Waals surface area contributed by atoms with Crippen LogP contribution in [0.3, 0.4) is 0 Å². The first-order chi connectivity index (χ1) is 11.4. The van der Waals surface area contributed by atoms with Crippen molar-refractivity contribution in [1.82, 2.24) is 5.32 Å². The van der Waals surface area contributed by atoms with E-state index >= 15 is 0 Å². The molecule has 4 nitrogen and oxygen atoms in total. The maximum atomic E-state index is 12.9. The van der Waals surface area contributed by atoms with Crippen LogP contribution >= 0.6 is 35.2 Å². The molecule has 0 bridgehead atoms. The second-order valence-corrected chi connectivity index (χ2v) is 7.05. The van der Waals surface area contributed by atoms with Gasteiger partial charge in [0.1, 0.15) is 5.57 Å². The van der Waals surface area contributed by atoms with Crippen molar-refractivity contribution in [3.05, 3.63) is 56.2 Å². The number of amides is 2. The van der Waals surface area contributed by atoms with Gasteiger partial charge in [0, 0.05) is 9.90 Å². The van der Waals surface area contributed by atoms with Crippen LogP contribution in [0.4, 0.5) is 5.69 Å². The van der Waals surface area contributed by atoms with Crippen LogP contribution in [-0.4, -0.2) is 16.9 Å². The number of benzene rings is 1. The zero-order chi connectivity index (χ0) is 17.4. The fourth-order valence-corrected chi connectivity index (χ4v) is 3.68. The maximum absolute atomic E-state index is 12.9. The summed E-state index contributed by atoms with van der Waals surface area (Å²) in [6, 6.07) is 7.16. The van der Waals surface area contributed by atoms with Crippen molar-refractivity contribution in [2.24, 2.45) is 0 Å². The molecule has 0 spiro atoms. The quantitative estimate of drug-likeness (QED) is 0.492. The minimum atomic E-state index is -0.492. The largest absolute Gasteiger partial charge is 0.298 e. The van der Waals surface area contributed by atoms with E-state index < -0.39 is 11.8 Å². The van der Waals surface area contributed by atoms with Gasteiger partial charge in [0.2, 0.25) is 0 Å². The van der Waals surface area contributed by atoms with Gasteiger partial charge in [-0.1, -0.05) is 17.7 Å². The lowest BCUT2D eigenvalue weighted by molar-refractivity contribution is -0.122. The minimum absolute atomic E-state index is 0.0496. The lowest BCUT2D eigenvalue weighted by atomic mass is 10.1. The number of thiophene rings is 1. The highest BCUT2D eigenvalue weighted by molar-refractivity contribution is 7.80. The molecule has 1 aliphatic heterocycles. The van der Waals surface area contributed by atoms with Gasteiger partial charge in [-0.3, -0.25) is 19.8 Å². The molecule has 2 aromatic rings. The molecule has 0 aliphatic carbocycles. The van der Waals surface area contributed by atoms with Crippen molar-refractivity contribution in [2.75, 3.05) is 4.90 Å². The number of halogens is 1. The molecule has 122 valence electrons. The molecule has 24 heavy (non-hydrogen) atoms. The van der Waals surface area contributed by atoms with E-state index in [0.29, 0.717) is 10.7 Å². The van der Waals surface area contributed by atoms with E-state index in [4.69, 9.17) is 23.8 Å². The first-order valence-electron chi connectivity index (χ1n) is 7.11. The molecule has 2 heterocycles. The number of carbonyl (C=O) groups is 2. The Kier molecular flexibility index (Phi) is 4.54. The van der Waals surface area contributed by atoms with Crippen LogP contribution < -0.4 is 10.2 Å². The average Bonchev–Trinajstić information content (AvgIpc) is 2.93. The van der Waals surface area contributed by atoms with Gasteiger partial charge in [-0.2, -0.15) is 0 Å². The van der Waals surface area contributed by atoms with E-state index in [1.807, 2.05) is 18.4 Å². The maximum Gasteiger partial charge on any atom is 0.270 e. The monoisotopic (exact) mass is 376 g/mol. The standard InChI is InChI=1S/C17H13ClN2O2S2/c1-9-6-7-24-14(9)8-11-15(21)19-17(23)20(16(11)22)13-5-3-4-12(18)10(13)2/h3-8H,1-2H3,(H,19,21,23)/b11-8-. The topological polar surface area (TPSA) is 49.4 Å². The third-order valence-electron chi connectivity index (χ3n) is 3.76. The van der Waals surface area contributed by atoms with Crippen LogP contribution in [0.25, 0.3) is 6.08 Å². The fourth-order valence-electron chi connectivity index (χ4n) is 2.38. The van der Waals surface area contributed by atoms with Crippen molar-refractivity contribution in [2.45, 2.75) is 13.8 Å². The van der Waals surface area contributed by atoms with Crippen molar-refractivity contribution in [3.8, 4) is 0 Å². The van der Waals surface area contributed by atoms with Gasteiger partial charge in [-0.15, -0.1) is 11.3 Å². The van der Waals surface area contributed by atoms with Crippen LogP contribution in [-0.2, 0) is 9.59 Å². The van der Waals surface area contributed by atoms with Gasteiger partial charge < -0.3 is 0 Å². The Morgan fingerprint density at radius 2 is 2.00 bits per heavy atom. The fraction of sp³-hybridized carbons (Fsp3) is 0.118. The van der Waals surface area contributed by atoms with Gasteiger partial charge >= 0.3 is 0 Å². The Bertz CT molecular complexity index is 902. The predicted octanol–water partition coefficient (Wildman–Crippen LogP) is 3.85. The number of aryl methyl sites for hydroxylation is 1. The molecular formula is C17H13ClN2O2S2. The third-order valence-corrected chi connectivity index (χ3v) is 5.42. The molecule has 1 fully saturated rings. The lowest BCUT2D eigenvalue weighted by Gasteiger charge is -2.30. The minimum Gasteiger partial charge on any atom is -0.298 e. The zero-order valence-corrected chi connectivity index (χ0v) is 15.3. The normalized spacial score (nSPS) is 16.7. The molecule has 1 N–H and O–H groups in total. The predicted molar refractivity (Wildman–Crippen MR) is 101 cm³/mol. The number of carbonyl (C=O) groups excluding carboxylic acids is 2. The Hall–Kier alpha value is -2.02. The SMILES string of the molecule is Cc1ccsc1/C=C1/C(=O)NC(=S)N(c2cccc(Cl)c2C)C1=O. The molecule has 2 amide bonds. The van der Waals surface area contributed by atoms with Crippen LogP contribution in [0, 0.1) is 13.8 Å². The molecule has 3 rings (SSSR count). The number of nitrogens with one attached hydrogen (secondary N) is 1. The molecule has 1 aromatic carbocycles. The summed E-state index contributed by atoms with van der Waals surface area (Å²) in [6.07, 6.45) is 1.60. The first-order valence-corrected chi connectivity index (χ1v) is 8.77. The smallest absolute Gasteiger partial charge is 0.270 e. The van der Waals surface area contributed by atoms with Crippen molar-refractivity contribution >= 4 is 63.8 Å². The van der Waals surface area contributed by atoms with Crippen LogP contribution in [0.15, 0.2) is 35.2 Å². The zero-order valence-electron chi connectivity index (χ0n) is 12.9.